The van der Waals surface area contributed by atoms with Gasteiger partial charge in [0, 0.05) is 25.2 Å². The Morgan fingerprint density at radius 2 is 2.44 bits per heavy atom. The number of carbonyl (C=O) groups excluding carboxylic acids is 1. The molecule has 0 spiro atoms. The summed E-state index contributed by atoms with van der Waals surface area (Å²) < 4.78 is 1.85. The van der Waals surface area contributed by atoms with Gasteiger partial charge in [-0.1, -0.05) is 13.8 Å². The molecule has 2 rings (SSSR count). The Morgan fingerprint density at radius 1 is 1.62 bits per heavy atom. The van der Waals surface area contributed by atoms with E-state index in [2.05, 4.69) is 24.3 Å². The highest BCUT2D eigenvalue weighted by Gasteiger charge is 2.30. The van der Waals surface area contributed by atoms with Gasteiger partial charge in [0.15, 0.2) is 5.78 Å². The van der Waals surface area contributed by atoms with Gasteiger partial charge in [-0.3, -0.25) is 9.48 Å². The van der Waals surface area contributed by atoms with Crippen molar-refractivity contribution >= 4 is 5.78 Å². The first kappa shape index (κ1) is 11.3. The number of hydrogen-bond acceptors (Lipinski definition) is 3. The second-order valence-corrected chi connectivity index (χ2v) is 4.60. The lowest BCUT2D eigenvalue weighted by Gasteiger charge is -2.10. The Morgan fingerprint density at radius 3 is 3.06 bits per heavy atom. The Labute approximate surface area is 96.0 Å². The monoisotopic (exact) mass is 221 g/mol. The molecule has 1 aromatic heterocycles. The SMILES string of the molecule is CCCn1cc(C(=O)C2CNCC2C)cn1. The third kappa shape index (κ3) is 2.16. The molecule has 1 fully saturated rings. The maximum absolute atomic E-state index is 12.2. The minimum absolute atomic E-state index is 0.124. The van der Waals surface area contributed by atoms with E-state index >= 15 is 0 Å². The molecule has 1 aromatic rings. The molecule has 4 heteroatoms. The fourth-order valence-corrected chi connectivity index (χ4v) is 2.22. The molecule has 0 saturated carbocycles. The smallest absolute Gasteiger partial charge is 0.170 e. The van der Waals surface area contributed by atoms with Crippen molar-refractivity contribution in [3.8, 4) is 0 Å². The number of aryl methyl sites for hydroxylation is 1. The van der Waals surface area contributed by atoms with Crippen molar-refractivity contribution < 1.29 is 4.79 Å². The lowest BCUT2D eigenvalue weighted by Crippen LogP contribution is -2.21. The van der Waals surface area contributed by atoms with E-state index in [9.17, 15) is 4.79 Å². The van der Waals surface area contributed by atoms with Crippen molar-refractivity contribution in [1.29, 1.82) is 0 Å². The predicted molar refractivity (Wildman–Crippen MR) is 62.4 cm³/mol. The summed E-state index contributed by atoms with van der Waals surface area (Å²) in [6, 6.07) is 0. The molecule has 0 aliphatic carbocycles. The lowest BCUT2D eigenvalue weighted by molar-refractivity contribution is 0.0907. The normalized spacial score (nSPS) is 24.9. The van der Waals surface area contributed by atoms with Crippen LogP contribution in [0, 0.1) is 11.8 Å². The van der Waals surface area contributed by atoms with Crippen LogP contribution in [0.1, 0.15) is 30.6 Å². The highest BCUT2D eigenvalue weighted by atomic mass is 16.1. The zero-order valence-corrected chi connectivity index (χ0v) is 9.94. The summed E-state index contributed by atoms with van der Waals surface area (Å²) in [5.41, 5.74) is 0.758. The van der Waals surface area contributed by atoms with Crippen LogP contribution in [0.15, 0.2) is 12.4 Å². The van der Waals surface area contributed by atoms with Crippen LogP contribution >= 0.6 is 0 Å². The fourth-order valence-electron chi connectivity index (χ4n) is 2.22. The fraction of sp³-hybridized carbons (Fsp3) is 0.667. The molecule has 2 heterocycles. The number of nitrogens with zero attached hydrogens (tertiary/aromatic N) is 2. The largest absolute Gasteiger partial charge is 0.316 e. The quantitative estimate of drug-likeness (QED) is 0.780. The number of aromatic nitrogens is 2. The van der Waals surface area contributed by atoms with Crippen LogP contribution in [-0.4, -0.2) is 28.7 Å². The summed E-state index contributed by atoms with van der Waals surface area (Å²) >= 11 is 0. The lowest BCUT2D eigenvalue weighted by atomic mass is 9.91. The first-order valence-electron chi connectivity index (χ1n) is 5.99. The molecule has 88 valence electrons. The van der Waals surface area contributed by atoms with E-state index in [-0.39, 0.29) is 11.7 Å². The van der Waals surface area contributed by atoms with Crippen molar-refractivity contribution in [3.05, 3.63) is 18.0 Å². The van der Waals surface area contributed by atoms with Gasteiger partial charge in [0.1, 0.15) is 0 Å². The van der Waals surface area contributed by atoms with Crippen molar-refractivity contribution in [2.75, 3.05) is 13.1 Å². The molecular formula is C12H19N3O. The number of ketones is 1. The number of hydrogen-bond donors (Lipinski definition) is 1. The van der Waals surface area contributed by atoms with Gasteiger partial charge < -0.3 is 5.32 Å². The van der Waals surface area contributed by atoms with E-state index in [1.807, 2.05) is 10.9 Å². The zero-order chi connectivity index (χ0) is 11.5. The molecule has 4 nitrogen and oxygen atoms in total. The second-order valence-electron chi connectivity index (χ2n) is 4.60. The van der Waals surface area contributed by atoms with E-state index in [1.165, 1.54) is 0 Å². The first-order chi connectivity index (χ1) is 7.72. The zero-order valence-electron chi connectivity index (χ0n) is 9.94. The minimum Gasteiger partial charge on any atom is -0.316 e. The van der Waals surface area contributed by atoms with Gasteiger partial charge in [0.25, 0.3) is 0 Å². The molecule has 0 radical (unpaired) electrons. The van der Waals surface area contributed by atoms with Crippen molar-refractivity contribution in [2.24, 2.45) is 11.8 Å². The number of rotatable bonds is 4. The molecule has 1 aliphatic heterocycles. The van der Waals surface area contributed by atoms with Crippen LogP contribution in [0.25, 0.3) is 0 Å². The maximum Gasteiger partial charge on any atom is 0.170 e. The number of nitrogens with one attached hydrogen (secondary N) is 1. The summed E-state index contributed by atoms with van der Waals surface area (Å²) in [7, 11) is 0. The maximum atomic E-state index is 12.2. The number of carbonyl (C=O) groups is 1. The highest BCUT2D eigenvalue weighted by Crippen LogP contribution is 2.20. The molecule has 0 aromatic carbocycles. The second kappa shape index (κ2) is 4.78. The van der Waals surface area contributed by atoms with Gasteiger partial charge in [0.2, 0.25) is 0 Å². The topological polar surface area (TPSA) is 46.9 Å². The van der Waals surface area contributed by atoms with Crippen LogP contribution < -0.4 is 5.32 Å². The average Bonchev–Trinajstić information content (AvgIpc) is 2.87. The van der Waals surface area contributed by atoms with E-state index in [0.717, 1.165) is 31.6 Å². The third-order valence-corrected chi connectivity index (χ3v) is 3.22. The predicted octanol–water partition coefficient (Wildman–Crippen LogP) is 1.33. The van der Waals surface area contributed by atoms with Gasteiger partial charge in [-0.2, -0.15) is 5.10 Å². The third-order valence-electron chi connectivity index (χ3n) is 3.22. The number of Topliss-reactive ketones (excluding diaryl/α,β-unsaturated/α-hetero) is 1. The minimum atomic E-state index is 0.124. The molecule has 2 unspecified atom stereocenters. The van der Waals surface area contributed by atoms with Crippen molar-refractivity contribution in [1.82, 2.24) is 15.1 Å². The van der Waals surface area contributed by atoms with Crippen LogP contribution in [0.5, 0.6) is 0 Å². The molecule has 1 N–H and O–H groups in total. The van der Waals surface area contributed by atoms with Gasteiger partial charge >= 0.3 is 0 Å². The van der Waals surface area contributed by atoms with Crippen molar-refractivity contribution in [3.63, 3.8) is 0 Å². The Hall–Kier alpha value is -1.16. The van der Waals surface area contributed by atoms with Gasteiger partial charge in [-0.05, 0) is 18.9 Å². The van der Waals surface area contributed by atoms with Crippen LogP contribution in [0.4, 0.5) is 0 Å². The molecule has 1 aliphatic rings. The van der Waals surface area contributed by atoms with Crippen LogP contribution in [-0.2, 0) is 6.54 Å². The average molecular weight is 221 g/mol. The molecule has 16 heavy (non-hydrogen) atoms. The summed E-state index contributed by atoms with van der Waals surface area (Å²) in [5.74, 6) is 0.793. The summed E-state index contributed by atoms with van der Waals surface area (Å²) in [6.07, 6.45) is 4.61. The van der Waals surface area contributed by atoms with Crippen LogP contribution in [0.3, 0.4) is 0 Å². The highest BCUT2D eigenvalue weighted by molar-refractivity contribution is 5.97. The standard InChI is InChI=1S/C12H19N3O/c1-3-4-15-8-10(6-14-15)12(16)11-7-13-5-9(11)2/h6,8-9,11,13H,3-5,7H2,1-2H3. The van der Waals surface area contributed by atoms with Gasteiger partial charge in [-0.15, -0.1) is 0 Å². The van der Waals surface area contributed by atoms with Gasteiger partial charge in [-0.25, -0.2) is 0 Å². The van der Waals surface area contributed by atoms with Crippen LogP contribution in [0.2, 0.25) is 0 Å². The molecule has 2 atom stereocenters. The first-order valence-corrected chi connectivity index (χ1v) is 5.99. The molecule has 1 saturated heterocycles. The molecule has 0 bridgehead atoms. The van der Waals surface area contributed by atoms with E-state index in [4.69, 9.17) is 0 Å². The summed E-state index contributed by atoms with van der Waals surface area (Å²) in [6.45, 7) is 6.86. The Kier molecular flexibility index (Phi) is 3.39. The van der Waals surface area contributed by atoms with E-state index < -0.39 is 0 Å². The Balaban J connectivity index is 2.08. The Bertz CT molecular complexity index is 372. The summed E-state index contributed by atoms with van der Waals surface area (Å²) in [4.78, 5) is 12.2. The van der Waals surface area contributed by atoms with E-state index in [1.54, 1.807) is 6.20 Å². The molecular weight excluding hydrogens is 202 g/mol. The van der Waals surface area contributed by atoms with Gasteiger partial charge in [0.05, 0.1) is 11.8 Å². The molecule has 0 amide bonds. The van der Waals surface area contributed by atoms with Crippen molar-refractivity contribution in [2.45, 2.75) is 26.8 Å². The van der Waals surface area contributed by atoms with E-state index in [0.29, 0.717) is 5.92 Å². The summed E-state index contributed by atoms with van der Waals surface area (Å²) in [5, 5.41) is 7.46.